The highest BCUT2D eigenvalue weighted by molar-refractivity contribution is 5.75. The van der Waals surface area contributed by atoms with E-state index in [4.69, 9.17) is 0 Å². The van der Waals surface area contributed by atoms with E-state index in [-0.39, 0.29) is 6.03 Å². The van der Waals surface area contributed by atoms with Crippen molar-refractivity contribution < 1.29 is 4.79 Å². The Morgan fingerprint density at radius 3 is 2.60 bits per heavy atom. The molecule has 1 atom stereocenters. The highest BCUT2D eigenvalue weighted by Crippen LogP contribution is 2.13. The fraction of sp³-hybridized carbons (Fsp3) is 0.909. The van der Waals surface area contributed by atoms with Crippen LogP contribution in [0.3, 0.4) is 0 Å². The second kappa shape index (κ2) is 4.84. The Morgan fingerprint density at radius 2 is 1.93 bits per heavy atom. The molecule has 0 aromatic rings. The van der Waals surface area contributed by atoms with Crippen LogP contribution < -0.4 is 5.32 Å². The molecule has 86 valence electrons. The zero-order chi connectivity index (χ0) is 10.7. The average molecular weight is 211 g/mol. The minimum absolute atomic E-state index is 0.253. The Balaban J connectivity index is 1.92. The van der Waals surface area contributed by atoms with E-state index in [2.05, 4.69) is 12.2 Å². The molecule has 2 heterocycles. The van der Waals surface area contributed by atoms with E-state index >= 15 is 0 Å². The first-order chi connectivity index (χ1) is 7.29. The zero-order valence-corrected chi connectivity index (χ0v) is 9.54. The Morgan fingerprint density at radius 1 is 1.20 bits per heavy atom. The van der Waals surface area contributed by atoms with E-state index < -0.39 is 0 Å². The van der Waals surface area contributed by atoms with Crippen molar-refractivity contribution in [1.82, 2.24) is 15.1 Å². The predicted octanol–water partition coefficient (Wildman–Crippen LogP) is 0.886. The first-order valence-corrected chi connectivity index (χ1v) is 6.05. The van der Waals surface area contributed by atoms with Crippen LogP contribution in [-0.4, -0.2) is 54.6 Å². The van der Waals surface area contributed by atoms with Gasteiger partial charge in [-0.1, -0.05) is 0 Å². The van der Waals surface area contributed by atoms with Crippen LogP contribution in [0.5, 0.6) is 0 Å². The molecule has 2 amide bonds. The molecule has 0 unspecified atom stereocenters. The topological polar surface area (TPSA) is 35.6 Å². The molecule has 2 saturated heterocycles. The molecule has 0 bridgehead atoms. The van der Waals surface area contributed by atoms with Crippen LogP contribution in [0.4, 0.5) is 4.79 Å². The number of hydrogen-bond acceptors (Lipinski definition) is 2. The van der Waals surface area contributed by atoms with E-state index in [1.54, 1.807) is 0 Å². The van der Waals surface area contributed by atoms with Crippen molar-refractivity contribution >= 4 is 6.03 Å². The highest BCUT2D eigenvalue weighted by Gasteiger charge is 2.27. The van der Waals surface area contributed by atoms with Gasteiger partial charge in [-0.2, -0.15) is 0 Å². The fourth-order valence-corrected chi connectivity index (χ4v) is 2.39. The molecule has 2 aliphatic rings. The van der Waals surface area contributed by atoms with Crippen LogP contribution in [0, 0.1) is 0 Å². The van der Waals surface area contributed by atoms with Crippen molar-refractivity contribution in [3.8, 4) is 0 Å². The number of piperazine rings is 1. The van der Waals surface area contributed by atoms with Gasteiger partial charge in [0, 0.05) is 38.8 Å². The summed E-state index contributed by atoms with van der Waals surface area (Å²) in [5, 5.41) is 3.31. The van der Waals surface area contributed by atoms with Crippen LogP contribution in [0.2, 0.25) is 0 Å². The van der Waals surface area contributed by atoms with Gasteiger partial charge in [-0.15, -0.1) is 0 Å². The number of piperidine rings is 1. The van der Waals surface area contributed by atoms with Gasteiger partial charge in [-0.05, 0) is 26.2 Å². The van der Waals surface area contributed by atoms with Gasteiger partial charge in [-0.25, -0.2) is 4.79 Å². The molecule has 2 rings (SSSR count). The molecule has 4 nitrogen and oxygen atoms in total. The first-order valence-electron chi connectivity index (χ1n) is 6.05. The van der Waals surface area contributed by atoms with Gasteiger partial charge >= 0.3 is 6.03 Å². The van der Waals surface area contributed by atoms with Crippen molar-refractivity contribution in [2.75, 3.05) is 32.7 Å². The van der Waals surface area contributed by atoms with Crippen LogP contribution in [0.15, 0.2) is 0 Å². The monoisotopic (exact) mass is 211 g/mol. The lowest BCUT2D eigenvalue weighted by Gasteiger charge is -2.39. The minimum Gasteiger partial charge on any atom is -0.325 e. The smallest absolute Gasteiger partial charge is 0.320 e. The van der Waals surface area contributed by atoms with Crippen LogP contribution >= 0.6 is 0 Å². The minimum atomic E-state index is 0.253. The van der Waals surface area contributed by atoms with Gasteiger partial charge in [0.25, 0.3) is 0 Å². The average Bonchev–Trinajstić information content (AvgIpc) is 2.30. The molecule has 15 heavy (non-hydrogen) atoms. The molecule has 0 spiro atoms. The van der Waals surface area contributed by atoms with Crippen molar-refractivity contribution in [3.63, 3.8) is 0 Å². The standard InChI is InChI=1S/C11H21N3O/c1-10-9-12-5-8-14(10)11(15)13-6-3-2-4-7-13/h10,12H,2-9H2,1H3/t10-/m0/s1. The van der Waals surface area contributed by atoms with E-state index in [1.807, 2.05) is 9.80 Å². The number of carbonyl (C=O) groups excluding carboxylic acids is 1. The maximum Gasteiger partial charge on any atom is 0.320 e. The van der Waals surface area contributed by atoms with Crippen molar-refractivity contribution in [3.05, 3.63) is 0 Å². The molecule has 0 radical (unpaired) electrons. The van der Waals surface area contributed by atoms with E-state index in [0.29, 0.717) is 6.04 Å². The van der Waals surface area contributed by atoms with Crippen molar-refractivity contribution in [2.24, 2.45) is 0 Å². The summed E-state index contributed by atoms with van der Waals surface area (Å²) < 4.78 is 0. The van der Waals surface area contributed by atoms with Gasteiger partial charge in [0.1, 0.15) is 0 Å². The Labute approximate surface area is 91.6 Å². The largest absolute Gasteiger partial charge is 0.325 e. The number of nitrogens with zero attached hydrogens (tertiary/aromatic N) is 2. The molecule has 0 saturated carbocycles. The summed E-state index contributed by atoms with van der Waals surface area (Å²) in [5.41, 5.74) is 0. The number of hydrogen-bond donors (Lipinski definition) is 1. The molecule has 0 aromatic heterocycles. The normalized spacial score (nSPS) is 27.9. The number of nitrogens with one attached hydrogen (secondary N) is 1. The van der Waals surface area contributed by atoms with E-state index in [0.717, 1.165) is 32.7 Å². The summed E-state index contributed by atoms with van der Waals surface area (Å²) in [5.74, 6) is 0. The molecule has 1 N–H and O–H groups in total. The van der Waals surface area contributed by atoms with Crippen molar-refractivity contribution in [2.45, 2.75) is 32.2 Å². The summed E-state index contributed by atoms with van der Waals surface area (Å²) in [4.78, 5) is 16.2. The molecule has 0 aliphatic carbocycles. The molecule has 0 aromatic carbocycles. The first kappa shape index (κ1) is 10.7. The van der Waals surface area contributed by atoms with E-state index in [1.165, 1.54) is 19.3 Å². The van der Waals surface area contributed by atoms with Gasteiger partial charge in [0.05, 0.1) is 0 Å². The third-order valence-corrected chi connectivity index (χ3v) is 3.37. The van der Waals surface area contributed by atoms with E-state index in [9.17, 15) is 4.79 Å². The molecular formula is C11H21N3O. The number of rotatable bonds is 0. The third kappa shape index (κ3) is 2.43. The summed E-state index contributed by atoms with van der Waals surface area (Å²) >= 11 is 0. The van der Waals surface area contributed by atoms with Crippen LogP contribution in [-0.2, 0) is 0 Å². The summed E-state index contributed by atoms with van der Waals surface area (Å²) in [6, 6.07) is 0.594. The lowest BCUT2D eigenvalue weighted by Crippen LogP contribution is -2.56. The second-order valence-electron chi connectivity index (χ2n) is 4.58. The molecule has 4 heteroatoms. The van der Waals surface area contributed by atoms with Gasteiger partial charge in [0.15, 0.2) is 0 Å². The summed E-state index contributed by atoms with van der Waals surface area (Å²) in [7, 11) is 0. The predicted molar refractivity (Wildman–Crippen MR) is 59.9 cm³/mol. The summed E-state index contributed by atoms with van der Waals surface area (Å²) in [6.45, 7) is 6.75. The van der Waals surface area contributed by atoms with Crippen LogP contribution in [0.1, 0.15) is 26.2 Å². The molecule has 2 fully saturated rings. The van der Waals surface area contributed by atoms with Gasteiger partial charge in [0.2, 0.25) is 0 Å². The Kier molecular flexibility index (Phi) is 3.46. The Hall–Kier alpha value is -0.770. The quantitative estimate of drug-likeness (QED) is 0.646. The lowest BCUT2D eigenvalue weighted by molar-refractivity contribution is 0.118. The number of carbonyl (C=O) groups is 1. The summed E-state index contributed by atoms with van der Waals surface area (Å²) in [6.07, 6.45) is 3.62. The Bertz CT molecular complexity index is 226. The second-order valence-corrected chi connectivity index (χ2v) is 4.58. The molecule has 2 aliphatic heterocycles. The van der Waals surface area contributed by atoms with Crippen molar-refractivity contribution in [1.29, 1.82) is 0 Å². The van der Waals surface area contributed by atoms with Gasteiger partial charge in [-0.3, -0.25) is 0 Å². The fourth-order valence-electron chi connectivity index (χ4n) is 2.39. The maximum absolute atomic E-state index is 12.2. The third-order valence-electron chi connectivity index (χ3n) is 3.37. The number of likely N-dealkylation sites (tertiary alicyclic amines) is 1. The number of urea groups is 1. The highest BCUT2D eigenvalue weighted by atomic mass is 16.2. The number of amides is 2. The molecular weight excluding hydrogens is 190 g/mol. The SMILES string of the molecule is C[C@H]1CNCCN1C(=O)N1CCCCC1. The maximum atomic E-state index is 12.2. The lowest BCUT2D eigenvalue weighted by atomic mass is 10.1. The zero-order valence-electron chi connectivity index (χ0n) is 9.54. The van der Waals surface area contributed by atoms with Gasteiger partial charge < -0.3 is 15.1 Å². The van der Waals surface area contributed by atoms with Crippen LogP contribution in [0.25, 0.3) is 0 Å².